The highest BCUT2D eigenvalue weighted by molar-refractivity contribution is 5.66. The number of rotatable bonds is 6. The molecule has 0 aliphatic carbocycles. The van der Waals surface area contributed by atoms with Crippen LogP contribution >= 0.6 is 0 Å². The fourth-order valence-electron chi connectivity index (χ4n) is 3.79. The van der Waals surface area contributed by atoms with Gasteiger partial charge in [0.05, 0.1) is 18.4 Å². The van der Waals surface area contributed by atoms with Crippen molar-refractivity contribution in [3.05, 3.63) is 65.7 Å². The lowest BCUT2D eigenvalue weighted by atomic mass is 10.1. The lowest BCUT2D eigenvalue weighted by molar-refractivity contribution is 0.116. The van der Waals surface area contributed by atoms with E-state index in [1.54, 1.807) is 24.4 Å². The first-order valence-electron chi connectivity index (χ1n) is 10.5. The zero-order valence-corrected chi connectivity index (χ0v) is 17.8. The Morgan fingerprint density at radius 1 is 1.03 bits per heavy atom. The number of nitrogens with one attached hydrogen (secondary N) is 1. The molecule has 8 nitrogen and oxygen atoms in total. The first-order valence-corrected chi connectivity index (χ1v) is 10.5. The van der Waals surface area contributed by atoms with Gasteiger partial charge in [0.1, 0.15) is 11.5 Å². The molecule has 12 heteroatoms. The van der Waals surface area contributed by atoms with Gasteiger partial charge < -0.3 is 14.6 Å². The average molecular weight is 473 g/mol. The molecule has 2 aromatic carbocycles. The van der Waals surface area contributed by atoms with Gasteiger partial charge in [0, 0.05) is 42.9 Å². The van der Waals surface area contributed by atoms with E-state index >= 15 is 4.39 Å². The van der Waals surface area contributed by atoms with Gasteiger partial charge in [0.25, 0.3) is 5.89 Å². The minimum atomic E-state index is -2.91. The third-order valence-corrected chi connectivity index (χ3v) is 5.51. The smallest absolute Gasteiger partial charge is 0.314 e. The third-order valence-electron chi connectivity index (χ3n) is 5.51. The van der Waals surface area contributed by atoms with Gasteiger partial charge in [-0.1, -0.05) is 17.3 Å². The summed E-state index contributed by atoms with van der Waals surface area (Å²) in [5, 5.41) is 18.1. The van der Waals surface area contributed by atoms with Crippen LogP contribution in [0.4, 0.5) is 23.2 Å². The number of hydrogen-bond acceptors (Lipinski definition) is 7. The Bertz CT molecular complexity index is 1300. The van der Waals surface area contributed by atoms with E-state index < -0.39 is 18.1 Å². The van der Waals surface area contributed by atoms with Crippen molar-refractivity contribution in [2.24, 2.45) is 0 Å². The monoisotopic (exact) mass is 473 g/mol. The highest BCUT2D eigenvalue weighted by atomic mass is 19.3. The van der Waals surface area contributed by atoms with Crippen molar-refractivity contribution in [3.8, 4) is 22.7 Å². The molecule has 0 radical (unpaired) electrons. The van der Waals surface area contributed by atoms with Gasteiger partial charge in [-0.25, -0.2) is 13.5 Å². The van der Waals surface area contributed by atoms with E-state index in [9.17, 15) is 13.2 Å². The maximum Gasteiger partial charge on any atom is 0.314 e. The molecule has 1 saturated heterocycles. The van der Waals surface area contributed by atoms with Crippen molar-refractivity contribution in [1.29, 1.82) is 0 Å². The molecule has 1 fully saturated rings. The van der Waals surface area contributed by atoms with Crippen LogP contribution < -0.4 is 10.2 Å². The molecule has 0 bridgehead atoms. The van der Waals surface area contributed by atoms with Gasteiger partial charge in [-0.15, -0.1) is 15.3 Å². The topological polar surface area (TPSA) is 84.9 Å². The number of piperazine rings is 1. The molecule has 2 aromatic heterocycles. The summed E-state index contributed by atoms with van der Waals surface area (Å²) in [5.74, 6) is -2.03. The number of alkyl halides is 2. The van der Waals surface area contributed by atoms with Crippen molar-refractivity contribution >= 4 is 5.69 Å². The van der Waals surface area contributed by atoms with Crippen LogP contribution in [-0.4, -0.2) is 51.4 Å². The van der Waals surface area contributed by atoms with Gasteiger partial charge in [-0.3, -0.25) is 0 Å². The van der Waals surface area contributed by atoms with E-state index in [0.717, 1.165) is 19.2 Å². The van der Waals surface area contributed by atoms with E-state index in [1.807, 2.05) is 4.90 Å². The summed E-state index contributed by atoms with van der Waals surface area (Å²) < 4.78 is 61.4. The molecule has 0 spiro atoms. The Labute approximate surface area is 191 Å². The van der Waals surface area contributed by atoms with Crippen molar-refractivity contribution in [2.45, 2.75) is 13.0 Å². The van der Waals surface area contributed by atoms with Gasteiger partial charge in [0.15, 0.2) is 5.82 Å². The number of benzene rings is 2. The second kappa shape index (κ2) is 9.21. The molecule has 3 heterocycles. The summed E-state index contributed by atoms with van der Waals surface area (Å²) >= 11 is 0. The van der Waals surface area contributed by atoms with Crippen LogP contribution in [0, 0.1) is 11.6 Å². The van der Waals surface area contributed by atoms with E-state index in [-0.39, 0.29) is 29.4 Å². The van der Waals surface area contributed by atoms with Gasteiger partial charge in [-0.05, 0) is 24.3 Å². The Balaban J connectivity index is 1.35. The molecule has 5 rings (SSSR count). The van der Waals surface area contributed by atoms with Crippen LogP contribution in [0.2, 0.25) is 0 Å². The van der Waals surface area contributed by atoms with E-state index in [0.29, 0.717) is 30.0 Å². The van der Waals surface area contributed by atoms with Gasteiger partial charge in [0.2, 0.25) is 5.89 Å². The first kappa shape index (κ1) is 22.0. The van der Waals surface area contributed by atoms with Gasteiger partial charge in [-0.2, -0.15) is 8.78 Å². The summed E-state index contributed by atoms with van der Waals surface area (Å²) in [5.41, 5.74) is 1.59. The maximum absolute atomic E-state index is 15.2. The zero-order valence-electron chi connectivity index (χ0n) is 17.8. The van der Waals surface area contributed by atoms with Crippen LogP contribution in [0.15, 0.2) is 47.0 Å². The van der Waals surface area contributed by atoms with E-state index in [2.05, 4.69) is 25.8 Å². The quantitative estimate of drug-likeness (QED) is 0.428. The second-order valence-electron chi connectivity index (χ2n) is 7.73. The fourth-order valence-corrected chi connectivity index (χ4v) is 3.79. The summed E-state index contributed by atoms with van der Waals surface area (Å²) in [6.07, 6.45) is -1.37. The second-order valence-corrected chi connectivity index (χ2v) is 7.73. The van der Waals surface area contributed by atoms with Crippen molar-refractivity contribution < 1.29 is 22.0 Å². The Morgan fingerprint density at radius 3 is 2.59 bits per heavy atom. The maximum atomic E-state index is 15.2. The van der Waals surface area contributed by atoms with E-state index in [4.69, 9.17) is 4.42 Å². The molecule has 4 aromatic rings. The predicted octanol–water partition coefficient (Wildman–Crippen LogP) is 3.67. The number of hydrogen-bond donors (Lipinski definition) is 1. The minimum Gasteiger partial charge on any atom is -0.415 e. The lowest BCUT2D eigenvalue weighted by Crippen LogP contribution is -2.43. The van der Waals surface area contributed by atoms with Crippen LogP contribution in [0.25, 0.3) is 22.7 Å². The fraction of sp³-hybridized carbons (Fsp3) is 0.273. The summed E-state index contributed by atoms with van der Waals surface area (Å²) in [7, 11) is 0. The highest BCUT2D eigenvalue weighted by Gasteiger charge is 2.20. The molecule has 0 unspecified atom stereocenters. The summed E-state index contributed by atoms with van der Waals surface area (Å²) in [6, 6.07) is 9.19. The molecule has 176 valence electrons. The number of halogens is 4. The molecule has 34 heavy (non-hydrogen) atoms. The van der Waals surface area contributed by atoms with Gasteiger partial charge >= 0.3 is 6.43 Å². The molecular weight excluding hydrogens is 454 g/mol. The molecule has 0 atom stereocenters. The van der Waals surface area contributed by atoms with Crippen LogP contribution in [0.5, 0.6) is 0 Å². The molecule has 0 saturated carbocycles. The van der Waals surface area contributed by atoms with Crippen molar-refractivity contribution in [2.75, 3.05) is 31.1 Å². The number of nitrogens with zero attached hydrogens (tertiary/aromatic N) is 6. The lowest BCUT2D eigenvalue weighted by Gasteiger charge is -2.30. The largest absolute Gasteiger partial charge is 0.415 e. The molecule has 1 aliphatic rings. The summed E-state index contributed by atoms with van der Waals surface area (Å²) in [4.78, 5) is 1.98. The minimum absolute atomic E-state index is 0.0321. The van der Waals surface area contributed by atoms with E-state index in [1.165, 1.54) is 16.8 Å². The SMILES string of the molecule is Fc1cc(-c2nnc(C(F)F)o2)ccc1Cn1cc(-c2cccc(N3CCNCC3)c2F)nn1. The normalized spacial score (nSPS) is 14.2. The predicted molar refractivity (Wildman–Crippen MR) is 114 cm³/mol. The molecular formula is C22H19F4N7O. The molecule has 0 amide bonds. The Kier molecular flexibility index (Phi) is 5.97. The number of aromatic nitrogens is 5. The Morgan fingerprint density at radius 2 is 1.85 bits per heavy atom. The standard InChI is InChI=1S/C22H19F4N7O/c23-16-10-13(21-29-30-22(34-21)20(25)26)4-5-14(16)11-33-12-17(28-31-33)15-2-1-3-18(19(15)24)32-8-6-27-7-9-32/h1-5,10,12,20,27H,6-9,11H2. The number of anilines is 1. The molecule has 1 N–H and O–H groups in total. The Hall–Kier alpha value is -3.80. The summed E-state index contributed by atoms with van der Waals surface area (Å²) in [6.45, 7) is 3.00. The first-order chi connectivity index (χ1) is 16.5. The van der Waals surface area contributed by atoms with Crippen LogP contribution in [-0.2, 0) is 6.54 Å². The van der Waals surface area contributed by atoms with Crippen LogP contribution in [0.3, 0.4) is 0 Å². The molecule has 1 aliphatic heterocycles. The third kappa shape index (κ3) is 4.36. The zero-order chi connectivity index (χ0) is 23.7. The van der Waals surface area contributed by atoms with Crippen LogP contribution in [0.1, 0.15) is 17.9 Å². The average Bonchev–Trinajstić information content (AvgIpc) is 3.52. The van der Waals surface area contributed by atoms with Crippen molar-refractivity contribution in [3.63, 3.8) is 0 Å². The highest BCUT2D eigenvalue weighted by Crippen LogP contribution is 2.29. The van der Waals surface area contributed by atoms with Crippen molar-refractivity contribution in [1.82, 2.24) is 30.5 Å².